The van der Waals surface area contributed by atoms with E-state index in [1.54, 1.807) is 30.6 Å². The van der Waals surface area contributed by atoms with Crippen molar-refractivity contribution < 1.29 is 10.2 Å². The zero-order valence-corrected chi connectivity index (χ0v) is 15.2. The van der Waals surface area contributed by atoms with E-state index < -0.39 is 0 Å². The van der Waals surface area contributed by atoms with Crippen molar-refractivity contribution in [2.24, 2.45) is 0 Å². The van der Waals surface area contributed by atoms with Gasteiger partial charge in [-0.15, -0.1) is 10.2 Å². The van der Waals surface area contributed by atoms with Gasteiger partial charge in [0.25, 0.3) is 0 Å². The maximum Gasteiger partial charge on any atom is 0.152 e. The van der Waals surface area contributed by atoms with Gasteiger partial charge in [-0.1, -0.05) is 23.2 Å². The molecule has 0 aliphatic heterocycles. The van der Waals surface area contributed by atoms with Gasteiger partial charge in [-0.25, -0.2) is 0 Å². The van der Waals surface area contributed by atoms with Crippen LogP contribution in [0.25, 0.3) is 11.3 Å². The largest absolute Gasteiger partial charge is 0.505 e. The summed E-state index contributed by atoms with van der Waals surface area (Å²) in [4.78, 5) is 5.92. The third-order valence-corrected chi connectivity index (χ3v) is 4.36. The van der Waals surface area contributed by atoms with E-state index in [4.69, 9.17) is 23.2 Å². The van der Waals surface area contributed by atoms with Crippen LogP contribution < -0.4 is 4.90 Å². The fourth-order valence-corrected chi connectivity index (χ4v) is 2.95. The number of pyridine rings is 1. The number of halogens is 2. The molecule has 2 N–H and O–H groups in total. The summed E-state index contributed by atoms with van der Waals surface area (Å²) in [5.41, 5.74) is 2.28. The van der Waals surface area contributed by atoms with Crippen LogP contribution in [0, 0.1) is 0 Å². The summed E-state index contributed by atoms with van der Waals surface area (Å²) in [5.74, 6) is 0.476. The molecule has 2 heterocycles. The van der Waals surface area contributed by atoms with Crippen molar-refractivity contribution in [3.8, 4) is 17.0 Å². The maximum atomic E-state index is 9.66. The maximum absolute atomic E-state index is 9.66. The molecule has 0 saturated carbocycles. The summed E-state index contributed by atoms with van der Waals surface area (Å²) in [7, 11) is 0. The third kappa shape index (κ3) is 4.22. The Balaban J connectivity index is 1.85. The number of aromatic hydroxyl groups is 1. The summed E-state index contributed by atoms with van der Waals surface area (Å²) < 4.78 is 0. The minimum atomic E-state index is -0.159. The second-order valence-corrected chi connectivity index (χ2v) is 6.38. The van der Waals surface area contributed by atoms with Crippen molar-refractivity contribution in [1.29, 1.82) is 0 Å². The molecule has 0 aliphatic carbocycles. The average molecular weight is 391 g/mol. The number of phenols is 1. The van der Waals surface area contributed by atoms with Crippen LogP contribution in [0.4, 0.5) is 5.82 Å². The molecule has 8 heteroatoms. The van der Waals surface area contributed by atoms with Crippen molar-refractivity contribution in [3.63, 3.8) is 0 Å². The zero-order valence-electron chi connectivity index (χ0n) is 13.7. The Morgan fingerprint density at radius 2 is 1.65 bits per heavy atom. The summed E-state index contributed by atoms with van der Waals surface area (Å²) in [6.45, 7) is 0.999. The van der Waals surface area contributed by atoms with E-state index >= 15 is 0 Å². The van der Waals surface area contributed by atoms with E-state index in [9.17, 15) is 10.2 Å². The van der Waals surface area contributed by atoms with E-state index in [-0.39, 0.29) is 22.4 Å². The molecule has 26 heavy (non-hydrogen) atoms. The lowest BCUT2D eigenvalue weighted by atomic mass is 10.1. The normalized spacial score (nSPS) is 10.7. The van der Waals surface area contributed by atoms with Gasteiger partial charge >= 0.3 is 0 Å². The van der Waals surface area contributed by atoms with E-state index in [2.05, 4.69) is 15.2 Å². The Hall–Kier alpha value is -2.41. The van der Waals surface area contributed by atoms with Gasteiger partial charge in [-0.05, 0) is 42.0 Å². The number of phenolic OH excluding ortho intramolecular Hbond substituents is 1. The zero-order chi connectivity index (χ0) is 18.5. The molecule has 0 atom stereocenters. The number of anilines is 1. The minimum absolute atomic E-state index is 0.00229. The molecule has 0 bridgehead atoms. The number of benzene rings is 1. The van der Waals surface area contributed by atoms with Gasteiger partial charge in [0.15, 0.2) is 11.6 Å². The highest BCUT2D eigenvalue weighted by Gasteiger charge is 2.12. The van der Waals surface area contributed by atoms with Crippen LogP contribution in [0.1, 0.15) is 5.56 Å². The van der Waals surface area contributed by atoms with Gasteiger partial charge in [0.05, 0.1) is 22.3 Å². The fraction of sp³-hybridized carbons (Fsp3) is 0.167. The molecule has 3 aromatic rings. The predicted molar refractivity (Wildman–Crippen MR) is 102 cm³/mol. The van der Waals surface area contributed by atoms with Crippen LogP contribution in [0.2, 0.25) is 10.0 Å². The van der Waals surface area contributed by atoms with Crippen LogP contribution in [-0.4, -0.2) is 38.5 Å². The highest BCUT2D eigenvalue weighted by molar-refractivity contribution is 6.37. The summed E-state index contributed by atoms with van der Waals surface area (Å²) in [6.07, 6.45) is 3.44. The van der Waals surface area contributed by atoms with Crippen molar-refractivity contribution in [2.45, 2.75) is 6.54 Å². The van der Waals surface area contributed by atoms with E-state index in [0.29, 0.717) is 30.2 Å². The minimum Gasteiger partial charge on any atom is -0.505 e. The van der Waals surface area contributed by atoms with E-state index in [1.807, 2.05) is 23.1 Å². The Bertz CT molecular complexity index is 853. The Labute approximate surface area is 160 Å². The Morgan fingerprint density at radius 3 is 2.23 bits per heavy atom. The molecular weight excluding hydrogens is 375 g/mol. The molecule has 0 aliphatic rings. The van der Waals surface area contributed by atoms with Gasteiger partial charge < -0.3 is 15.1 Å². The van der Waals surface area contributed by atoms with Gasteiger partial charge in [-0.2, -0.15) is 0 Å². The van der Waals surface area contributed by atoms with E-state index in [0.717, 1.165) is 5.56 Å². The van der Waals surface area contributed by atoms with Crippen molar-refractivity contribution in [3.05, 3.63) is 64.4 Å². The lowest BCUT2D eigenvalue weighted by molar-refractivity contribution is 0.301. The van der Waals surface area contributed by atoms with E-state index in [1.165, 1.54) is 0 Å². The second-order valence-electron chi connectivity index (χ2n) is 5.57. The first-order valence-electron chi connectivity index (χ1n) is 7.85. The molecule has 0 saturated heterocycles. The van der Waals surface area contributed by atoms with Crippen molar-refractivity contribution in [2.75, 3.05) is 18.1 Å². The molecule has 3 rings (SSSR count). The van der Waals surface area contributed by atoms with Crippen LogP contribution >= 0.6 is 23.2 Å². The first-order valence-corrected chi connectivity index (χ1v) is 8.61. The van der Waals surface area contributed by atoms with Crippen LogP contribution in [0.15, 0.2) is 48.8 Å². The molecule has 0 amide bonds. The van der Waals surface area contributed by atoms with Gasteiger partial charge in [0.1, 0.15) is 0 Å². The van der Waals surface area contributed by atoms with Gasteiger partial charge in [0, 0.05) is 31.0 Å². The molecule has 1 aromatic carbocycles. The van der Waals surface area contributed by atoms with Crippen molar-refractivity contribution >= 4 is 29.0 Å². The highest BCUT2D eigenvalue weighted by Crippen LogP contribution is 2.35. The fourth-order valence-electron chi connectivity index (χ4n) is 2.47. The lowest BCUT2D eigenvalue weighted by Crippen LogP contribution is -2.27. The SMILES string of the molecule is OCCN(Cc1ccncc1)c1ccc(-c2cc(Cl)c(O)c(Cl)c2)nn1. The number of hydrogen-bond donors (Lipinski definition) is 2. The topological polar surface area (TPSA) is 82.4 Å². The van der Waals surface area contributed by atoms with Gasteiger partial charge in [-0.3, -0.25) is 4.98 Å². The molecular formula is C18H16Cl2N4O2. The average Bonchev–Trinajstić information content (AvgIpc) is 2.66. The monoisotopic (exact) mass is 390 g/mol. The Morgan fingerprint density at radius 1 is 0.962 bits per heavy atom. The summed E-state index contributed by atoms with van der Waals surface area (Å²) in [6, 6.07) is 10.6. The predicted octanol–water partition coefficient (Wildman–Crippen LogP) is 3.55. The number of aliphatic hydroxyl groups is 1. The standard InChI is InChI=1S/C18H16Cl2N4O2/c19-14-9-13(10-15(20)18(14)26)16-1-2-17(23-22-16)24(7-8-25)11-12-3-5-21-6-4-12/h1-6,9-10,25-26H,7-8,11H2. The summed E-state index contributed by atoms with van der Waals surface area (Å²) >= 11 is 11.9. The number of aliphatic hydroxyl groups excluding tert-OH is 1. The number of rotatable bonds is 6. The quantitative estimate of drug-likeness (QED) is 0.669. The molecule has 2 aromatic heterocycles. The first-order chi connectivity index (χ1) is 12.6. The smallest absolute Gasteiger partial charge is 0.152 e. The highest BCUT2D eigenvalue weighted by atomic mass is 35.5. The third-order valence-electron chi connectivity index (χ3n) is 3.78. The molecule has 0 radical (unpaired) electrons. The van der Waals surface area contributed by atoms with Crippen LogP contribution in [0.5, 0.6) is 5.75 Å². The second kappa shape index (κ2) is 8.31. The molecule has 0 spiro atoms. The molecule has 0 unspecified atom stereocenters. The number of hydrogen-bond acceptors (Lipinski definition) is 6. The number of aromatic nitrogens is 3. The lowest BCUT2D eigenvalue weighted by Gasteiger charge is -2.22. The number of nitrogens with zero attached hydrogens (tertiary/aromatic N) is 4. The van der Waals surface area contributed by atoms with Gasteiger partial charge in [0.2, 0.25) is 0 Å². The first kappa shape index (κ1) is 18.4. The molecule has 6 nitrogen and oxygen atoms in total. The Kier molecular flexibility index (Phi) is 5.88. The summed E-state index contributed by atoms with van der Waals surface area (Å²) in [5, 5.41) is 27.8. The molecule has 134 valence electrons. The molecule has 0 fully saturated rings. The van der Waals surface area contributed by atoms with Crippen LogP contribution in [0.3, 0.4) is 0 Å². The van der Waals surface area contributed by atoms with Crippen LogP contribution in [-0.2, 0) is 6.54 Å². The van der Waals surface area contributed by atoms with Crippen molar-refractivity contribution in [1.82, 2.24) is 15.2 Å².